The number of piperidine rings is 1. The van der Waals surface area contributed by atoms with Gasteiger partial charge in [0.15, 0.2) is 0 Å². The molecule has 9 heteroatoms. The lowest BCUT2D eigenvalue weighted by Crippen LogP contribution is -2.41. The number of fused-ring (bicyclic) bond motifs is 2. The first-order chi connectivity index (χ1) is 14.8. The molecule has 1 saturated heterocycles. The van der Waals surface area contributed by atoms with E-state index in [0.29, 0.717) is 19.1 Å². The van der Waals surface area contributed by atoms with Gasteiger partial charge in [-0.25, -0.2) is 27.7 Å². The summed E-state index contributed by atoms with van der Waals surface area (Å²) in [6, 6.07) is 4.55. The zero-order valence-corrected chi connectivity index (χ0v) is 19.0. The molecule has 5 heterocycles. The molecule has 3 aromatic rings. The van der Waals surface area contributed by atoms with Crippen LogP contribution >= 0.6 is 0 Å². The molecule has 5 rings (SSSR count). The van der Waals surface area contributed by atoms with Crippen LogP contribution in [0.4, 0.5) is 5.69 Å². The zero-order valence-electron chi connectivity index (χ0n) is 18.2. The molecular formula is C22H28N6O2S. The van der Waals surface area contributed by atoms with Gasteiger partial charge in [-0.1, -0.05) is 0 Å². The number of aromatic nitrogens is 4. The fourth-order valence-corrected chi connectivity index (χ4v) is 5.93. The van der Waals surface area contributed by atoms with E-state index in [2.05, 4.69) is 45.8 Å². The number of nitrogens with one attached hydrogen (secondary N) is 1. The number of pyridine rings is 1. The van der Waals surface area contributed by atoms with Crippen LogP contribution in [-0.2, 0) is 23.0 Å². The lowest BCUT2D eigenvalue weighted by atomic mass is 9.87. The third-order valence-electron chi connectivity index (χ3n) is 6.68. The Kier molecular flexibility index (Phi) is 4.97. The highest BCUT2D eigenvalue weighted by Crippen LogP contribution is 2.37. The molecule has 8 nitrogen and oxygen atoms in total. The van der Waals surface area contributed by atoms with Crippen molar-refractivity contribution in [2.24, 2.45) is 0 Å². The average Bonchev–Trinajstić information content (AvgIpc) is 3.12. The van der Waals surface area contributed by atoms with Gasteiger partial charge in [-0.05, 0) is 38.8 Å². The van der Waals surface area contributed by atoms with Gasteiger partial charge in [0, 0.05) is 66.5 Å². The third kappa shape index (κ3) is 3.70. The van der Waals surface area contributed by atoms with Crippen LogP contribution in [0.1, 0.15) is 48.3 Å². The predicted molar refractivity (Wildman–Crippen MR) is 121 cm³/mol. The summed E-state index contributed by atoms with van der Waals surface area (Å²) in [4.78, 5) is 19.6. The molecule has 3 aromatic heterocycles. The van der Waals surface area contributed by atoms with Crippen LogP contribution in [0, 0.1) is 6.92 Å². The minimum absolute atomic E-state index is 0.261. The maximum absolute atomic E-state index is 11.9. The van der Waals surface area contributed by atoms with Gasteiger partial charge >= 0.3 is 0 Å². The summed E-state index contributed by atoms with van der Waals surface area (Å²) in [5, 5.41) is 1.13. The number of nitrogens with zero attached hydrogens (tertiary/aromatic N) is 5. The Morgan fingerprint density at radius 1 is 1.16 bits per heavy atom. The summed E-state index contributed by atoms with van der Waals surface area (Å²) in [5.41, 5.74) is 6.60. The van der Waals surface area contributed by atoms with Crippen molar-refractivity contribution in [3.63, 3.8) is 0 Å². The van der Waals surface area contributed by atoms with Crippen molar-refractivity contribution in [1.82, 2.24) is 24.2 Å². The third-order valence-corrected chi connectivity index (χ3v) is 7.98. The van der Waals surface area contributed by atoms with Crippen LogP contribution in [-0.4, -0.2) is 58.0 Å². The smallest absolute Gasteiger partial charge is 0.211 e. The summed E-state index contributed by atoms with van der Waals surface area (Å²) < 4.78 is 25.4. The first kappa shape index (κ1) is 20.4. The van der Waals surface area contributed by atoms with Crippen molar-refractivity contribution < 1.29 is 8.42 Å². The first-order valence-corrected chi connectivity index (χ1v) is 12.6. The molecule has 164 valence electrons. The fourth-order valence-electron chi connectivity index (χ4n) is 5.06. The number of hydrogen-bond donors (Lipinski definition) is 1. The van der Waals surface area contributed by atoms with Crippen molar-refractivity contribution in [3.8, 4) is 0 Å². The van der Waals surface area contributed by atoms with Gasteiger partial charge in [0.05, 0.1) is 17.6 Å². The second-order valence-electron chi connectivity index (χ2n) is 8.85. The summed E-state index contributed by atoms with van der Waals surface area (Å²) >= 11 is 0. The summed E-state index contributed by atoms with van der Waals surface area (Å²) in [7, 11) is -3.14. The maximum Gasteiger partial charge on any atom is 0.211 e. The van der Waals surface area contributed by atoms with Gasteiger partial charge in [-0.2, -0.15) is 0 Å². The van der Waals surface area contributed by atoms with Crippen LogP contribution in [0.15, 0.2) is 24.7 Å². The minimum atomic E-state index is -3.14. The molecular weight excluding hydrogens is 412 g/mol. The fraction of sp³-hybridized carbons (Fsp3) is 0.500. The number of aromatic amines is 1. The van der Waals surface area contributed by atoms with Crippen molar-refractivity contribution in [2.45, 2.75) is 51.6 Å². The molecule has 2 aliphatic heterocycles. The van der Waals surface area contributed by atoms with Gasteiger partial charge in [0.1, 0.15) is 12.0 Å². The van der Waals surface area contributed by atoms with Crippen LogP contribution < -0.4 is 4.90 Å². The lowest BCUT2D eigenvalue weighted by Gasteiger charge is -2.38. The van der Waals surface area contributed by atoms with E-state index in [4.69, 9.17) is 4.98 Å². The Bertz CT molecular complexity index is 1230. The molecule has 2 aliphatic rings. The van der Waals surface area contributed by atoms with Gasteiger partial charge in [0.25, 0.3) is 0 Å². The average molecular weight is 441 g/mol. The standard InChI is InChI=1S/C22H28N6O2S/c1-14-10-17-20(4-7-23-22(17)26-14)28-12-18-19(11-15(28)2)24-13-25-21(18)16-5-8-27(9-6-16)31(3,29)30/h4,7,10,13,15-16H,5-6,8-9,11-12H2,1-3H3,(H,23,26). The summed E-state index contributed by atoms with van der Waals surface area (Å²) in [6.07, 6.45) is 7.28. The van der Waals surface area contributed by atoms with Crippen molar-refractivity contribution in [2.75, 3.05) is 24.2 Å². The largest absolute Gasteiger partial charge is 0.363 e. The molecule has 1 unspecified atom stereocenters. The highest BCUT2D eigenvalue weighted by Gasteiger charge is 2.32. The first-order valence-electron chi connectivity index (χ1n) is 10.8. The number of aryl methyl sites for hydroxylation is 1. The monoisotopic (exact) mass is 440 g/mol. The number of sulfonamides is 1. The molecule has 0 aliphatic carbocycles. The number of anilines is 1. The van der Waals surface area contributed by atoms with Crippen molar-refractivity contribution in [1.29, 1.82) is 0 Å². The van der Waals surface area contributed by atoms with E-state index >= 15 is 0 Å². The topological polar surface area (TPSA) is 95.1 Å². The normalized spacial score (nSPS) is 20.9. The van der Waals surface area contributed by atoms with E-state index in [-0.39, 0.29) is 5.92 Å². The molecule has 0 saturated carbocycles. The number of rotatable bonds is 3. The molecule has 31 heavy (non-hydrogen) atoms. The molecule has 1 atom stereocenters. The second-order valence-corrected chi connectivity index (χ2v) is 10.8. The highest BCUT2D eigenvalue weighted by atomic mass is 32.2. The van der Waals surface area contributed by atoms with E-state index in [1.54, 1.807) is 10.6 Å². The van der Waals surface area contributed by atoms with E-state index in [1.165, 1.54) is 17.5 Å². The van der Waals surface area contributed by atoms with Gasteiger partial charge < -0.3 is 9.88 Å². The van der Waals surface area contributed by atoms with Gasteiger partial charge in [-0.15, -0.1) is 0 Å². The van der Waals surface area contributed by atoms with Gasteiger partial charge in [0.2, 0.25) is 10.0 Å². The predicted octanol–water partition coefficient (Wildman–Crippen LogP) is 2.75. The molecule has 1 fully saturated rings. The second kappa shape index (κ2) is 7.56. The Labute approximate surface area is 182 Å². The molecule has 0 bridgehead atoms. The van der Waals surface area contributed by atoms with Crippen LogP contribution in [0.2, 0.25) is 0 Å². The lowest BCUT2D eigenvalue weighted by molar-refractivity contribution is 0.317. The minimum Gasteiger partial charge on any atom is -0.363 e. The molecule has 0 spiro atoms. The van der Waals surface area contributed by atoms with E-state index in [0.717, 1.165) is 53.9 Å². The summed E-state index contributed by atoms with van der Waals surface area (Å²) in [5.74, 6) is 0.261. The molecule has 0 aromatic carbocycles. The molecule has 0 radical (unpaired) electrons. The molecule has 1 N–H and O–H groups in total. The van der Waals surface area contributed by atoms with Crippen LogP contribution in [0.5, 0.6) is 0 Å². The molecule has 0 amide bonds. The SMILES string of the molecule is Cc1cc2c(N3Cc4c(ncnc4C4CCN(S(C)(=O)=O)CC4)CC3C)ccnc2[nH]1. The zero-order chi connectivity index (χ0) is 21.8. The van der Waals surface area contributed by atoms with Crippen LogP contribution in [0.25, 0.3) is 11.0 Å². The van der Waals surface area contributed by atoms with Crippen molar-refractivity contribution in [3.05, 3.63) is 47.3 Å². The summed E-state index contributed by atoms with van der Waals surface area (Å²) in [6.45, 7) is 6.14. The van der Waals surface area contributed by atoms with E-state index < -0.39 is 10.0 Å². The van der Waals surface area contributed by atoms with Gasteiger partial charge in [-0.3, -0.25) is 0 Å². The highest BCUT2D eigenvalue weighted by molar-refractivity contribution is 7.88. The van der Waals surface area contributed by atoms with Crippen LogP contribution in [0.3, 0.4) is 0 Å². The number of hydrogen-bond acceptors (Lipinski definition) is 6. The Morgan fingerprint density at radius 2 is 1.94 bits per heavy atom. The van der Waals surface area contributed by atoms with E-state index in [9.17, 15) is 8.42 Å². The Hall–Kier alpha value is -2.52. The number of H-pyrrole nitrogens is 1. The Morgan fingerprint density at radius 3 is 2.68 bits per heavy atom. The van der Waals surface area contributed by atoms with Crippen molar-refractivity contribution >= 4 is 26.7 Å². The Balaban J connectivity index is 1.48. The quantitative estimate of drug-likeness (QED) is 0.673. The van der Waals surface area contributed by atoms with E-state index in [1.807, 2.05) is 6.20 Å². The maximum atomic E-state index is 11.9.